The Morgan fingerprint density at radius 1 is 1.23 bits per heavy atom. The average molecular weight is 318 g/mol. The monoisotopic (exact) mass is 317 g/mol. The summed E-state index contributed by atoms with van der Waals surface area (Å²) in [6.45, 7) is 5.18. The summed E-state index contributed by atoms with van der Waals surface area (Å²) in [6, 6.07) is 15.0. The molecule has 1 atom stereocenters. The Morgan fingerprint density at radius 3 is 2.59 bits per heavy atom. The molecule has 0 saturated heterocycles. The third kappa shape index (κ3) is 4.58. The predicted octanol–water partition coefficient (Wildman–Crippen LogP) is 4.37. The van der Waals surface area contributed by atoms with Gasteiger partial charge in [-0.3, -0.25) is 4.79 Å². The minimum absolute atomic E-state index is 0.0834. The number of carbonyl (C=O) groups is 1. The second-order valence-corrected chi connectivity index (χ2v) is 5.47. The van der Waals surface area contributed by atoms with Gasteiger partial charge in [-0.25, -0.2) is 0 Å². The summed E-state index contributed by atoms with van der Waals surface area (Å²) < 4.78 is 5.55. The van der Waals surface area contributed by atoms with E-state index in [-0.39, 0.29) is 12.0 Å². The highest BCUT2D eigenvalue weighted by Gasteiger charge is 2.07. The zero-order valence-electron chi connectivity index (χ0n) is 12.8. The zero-order chi connectivity index (χ0) is 15.9. The first-order valence-electron chi connectivity index (χ1n) is 7.34. The van der Waals surface area contributed by atoms with Crippen molar-refractivity contribution in [2.24, 2.45) is 0 Å². The van der Waals surface area contributed by atoms with Crippen LogP contribution in [0.25, 0.3) is 0 Å². The molecular weight excluding hydrogens is 298 g/mol. The van der Waals surface area contributed by atoms with Crippen LogP contribution in [0.3, 0.4) is 0 Å². The molecule has 0 bridgehead atoms. The second kappa shape index (κ2) is 7.97. The molecule has 0 aliphatic rings. The molecule has 0 spiro atoms. The van der Waals surface area contributed by atoms with Crippen LogP contribution in [-0.2, 0) is 11.3 Å². The first-order chi connectivity index (χ1) is 10.6. The predicted molar refractivity (Wildman–Crippen MR) is 89.1 cm³/mol. The summed E-state index contributed by atoms with van der Waals surface area (Å²) in [6.07, 6.45) is 0.0834. The molecule has 1 N–H and O–H groups in total. The number of halogens is 1. The average Bonchev–Trinajstić information content (AvgIpc) is 2.53. The molecule has 0 unspecified atom stereocenters. The Bertz CT molecular complexity index is 625. The molecule has 0 radical (unpaired) electrons. The van der Waals surface area contributed by atoms with Crippen molar-refractivity contribution in [1.82, 2.24) is 5.32 Å². The Kier molecular flexibility index (Phi) is 5.99. The van der Waals surface area contributed by atoms with Crippen molar-refractivity contribution in [1.29, 1.82) is 0 Å². The number of carbonyl (C=O) groups excluding carboxylic acids is 1. The lowest BCUT2D eigenvalue weighted by Gasteiger charge is -2.12. The van der Waals surface area contributed by atoms with E-state index in [0.29, 0.717) is 23.7 Å². The first-order valence-corrected chi connectivity index (χ1v) is 7.72. The van der Waals surface area contributed by atoms with Crippen molar-refractivity contribution >= 4 is 17.5 Å². The molecule has 2 aromatic carbocycles. The van der Waals surface area contributed by atoms with Gasteiger partial charge in [0.2, 0.25) is 0 Å². The van der Waals surface area contributed by atoms with Gasteiger partial charge in [0.05, 0.1) is 6.10 Å². The van der Waals surface area contributed by atoms with E-state index in [1.165, 1.54) is 0 Å². The van der Waals surface area contributed by atoms with E-state index in [1.807, 2.05) is 38.1 Å². The summed E-state index contributed by atoms with van der Waals surface area (Å²) in [4.78, 5) is 12.0. The highest BCUT2D eigenvalue weighted by molar-refractivity contribution is 6.30. The lowest BCUT2D eigenvalue weighted by atomic mass is 10.1. The summed E-state index contributed by atoms with van der Waals surface area (Å²) in [5, 5.41) is 3.44. The molecule has 0 saturated carbocycles. The third-order valence-corrected chi connectivity index (χ3v) is 3.64. The molecule has 0 aliphatic heterocycles. The van der Waals surface area contributed by atoms with Gasteiger partial charge in [-0.05, 0) is 43.2 Å². The molecule has 2 aromatic rings. The second-order valence-electron chi connectivity index (χ2n) is 5.03. The maximum atomic E-state index is 12.0. The summed E-state index contributed by atoms with van der Waals surface area (Å²) in [7, 11) is 0. The van der Waals surface area contributed by atoms with E-state index in [0.717, 1.165) is 11.1 Å². The fourth-order valence-electron chi connectivity index (χ4n) is 2.17. The van der Waals surface area contributed by atoms with Crippen LogP contribution < -0.4 is 5.32 Å². The van der Waals surface area contributed by atoms with Crippen LogP contribution in [-0.4, -0.2) is 12.5 Å². The zero-order valence-corrected chi connectivity index (χ0v) is 13.6. The smallest absolute Gasteiger partial charge is 0.251 e. The normalized spacial score (nSPS) is 12.0. The van der Waals surface area contributed by atoms with Crippen molar-refractivity contribution in [2.75, 3.05) is 6.61 Å². The van der Waals surface area contributed by atoms with Crippen molar-refractivity contribution < 1.29 is 9.53 Å². The molecule has 116 valence electrons. The van der Waals surface area contributed by atoms with E-state index in [1.54, 1.807) is 24.3 Å². The summed E-state index contributed by atoms with van der Waals surface area (Å²) >= 11 is 5.89. The SMILES string of the molecule is CCO[C@@H](C)c1ccc(CNC(=O)c2cccc(Cl)c2)cc1. The van der Waals surface area contributed by atoms with Gasteiger partial charge in [0.15, 0.2) is 0 Å². The first kappa shape index (κ1) is 16.5. The quantitative estimate of drug-likeness (QED) is 0.859. The molecule has 2 rings (SSSR count). The molecule has 0 aliphatic carbocycles. The van der Waals surface area contributed by atoms with Crippen LogP contribution in [0, 0.1) is 0 Å². The lowest BCUT2D eigenvalue weighted by molar-refractivity contribution is 0.0764. The summed E-state index contributed by atoms with van der Waals surface area (Å²) in [5.41, 5.74) is 2.74. The van der Waals surface area contributed by atoms with Gasteiger partial charge < -0.3 is 10.1 Å². The largest absolute Gasteiger partial charge is 0.374 e. The molecule has 22 heavy (non-hydrogen) atoms. The van der Waals surface area contributed by atoms with E-state index in [4.69, 9.17) is 16.3 Å². The molecule has 0 heterocycles. The van der Waals surface area contributed by atoms with Crippen molar-refractivity contribution in [3.8, 4) is 0 Å². The Labute approximate surface area is 136 Å². The van der Waals surface area contributed by atoms with Crippen LogP contribution in [0.4, 0.5) is 0 Å². The number of hydrogen-bond donors (Lipinski definition) is 1. The number of nitrogens with one attached hydrogen (secondary N) is 1. The van der Waals surface area contributed by atoms with E-state index >= 15 is 0 Å². The fraction of sp³-hybridized carbons (Fsp3) is 0.278. The van der Waals surface area contributed by atoms with Gasteiger partial charge in [0.25, 0.3) is 5.91 Å². The van der Waals surface area contributed by atoms with Crippen LogP contribution in [0.2, 0.25) is 5.02 Å². The van der Waals surface area contributed by atoms with E-state index in [9.17, 15) is 4.79 Å². The number of rotatable bonds is 6. The van der Waals surface area contributed by atoms with Gasteiger partial charge >= 0.3 is 0 Å². The van der Waals surface area contributed by atoms with Gasteiger partial charge in [-0.1, -0.05) is 41.9 Å². The van der Waals surface area contributed by atoms with Crippen LogP contribution in [0.5, 0.6) is 0 Å². The van der Waals surface area contributed by atoms with Crippen molar-refractivity contribution in [3.63, 3.8) is 0 Å². The van der Waals surface area contributed by atoms with Gasteiger partial charge in [-0.15, -0.1) is 0 Å². The van der Waals surface area contributed by atoms with Crippen LogP contribution in [0.1, 0.15) is 41.4 Å². The molecule has 0 fully saturated rings. The Hall–Kier alpha value is -1.84. The van der Waals surface area contributed by atoms with E-state index in [2.05, 4.69) is 5.32 Å². The molecule has 3 nitrogen and oxygen atoms in total. The third-order valence-electron chi connectivity index (χ3n) is 3.41. The minimum Gasteiger partial charge on any atom is -0.374 e. The topological polar surface area (TPSA) is 38.3 Å². The van der Waals surface area contributed by atoms with Gasteiger partial charge in [0.1, 0.15) is 0 Å². The standard InChI is InChI=1S/C18H20ClNO2/c1-3-22-13(2)15-9-7-14(8-10-15)12-20-18(21)16-5-4-6-17(19)11-16/h4-11,13H,3,12H2,1-2H3,(H,20,21)/t13-/m0/s1. The van der Waals surface area contributed by atoms with Crippen LogP contribution in [0.15, 0.2) is 48.5 Å². The molecule has 4 heteroatoms. The van der Waals surface area contributed by atoms with Gasteiger partial charge in [0, 0.05) is 23.7 Å². The Balaban J connectivity index is 1.93. The minimum atomic E-state index is -0.130. The Morgan fingerprint density at radius 2 is 1.95 bits per heavy atom. The van der Waals surface area contributed by atoms with Gasteiger partial charge in [-0.2, -0.15) is 0 Å². The highest BCUT2D eigenvalue weighted by Crippen LogP contribution is 2.17. The molecule has 1 amide bonds. The maximum Gasteiger partial charge on any atom is 0.251 e. The number of hydrogen-bond acceptors (Lipinski definition) is 2. The summed E-state index contributed by atoms with van der Waals surface area (Å²) in [5.74, 6) is -0.130. The number of amides is 1. The van der Waals surface area contributed by atoms with Crippen LogP contribution >= 0.6 is 11.6 Å². The number of ether oxygens (including phenoxy) is 1. The highest BCUT2D eigenvalue weighted by atomic mass is 35.5. The fourth-order valence-corrected chi connectivity index (χ4v) is 2.36. The lowest BCUT2D eigenvalue weighted by Crippen LogP contribution is -2.22. The van der Waals surface area contributed by atoms with Crippen molar-refractivity contribution in [3.05, 3.63) is 70.2 Å². The molecular formula is C18H20ClNO2. The van der Waals surface area contributed by atoms with Crippen molar-refractivity contribution in [2.45, 2.75) is 26.5 Å². The van der Waals surface area contributed by atoms with E-state index < -0.39 is 0 Å². The number of benzene rings is 2. The molecule has 0 aromatic heterocycles. The maximum absolute atomic E-state index is 12.0.